The molecule has 2 aromatic carbocycles. The zero-order valence-electron chi connectivity index (χ0n) is 16.6. The molecule has 0 unspecified atom stereocenters. The highest BCUT2D eigenvalue weighted by molar-refractivity contribution is 7.99. The second-order valence-corrected chi connectivity index (χ2v) is 9.86. The van der Waals surface area contributed by atoms with Gasteiger partial charge >= 0.3 is 0 Å². The summed E-state index contributed by atoms with van der Waals surface area (Å²) in [6.45, 7) is 3.98. The summed E-state index contributed by atoms with van der Waals surface area (Å²) in [7, 11) is -3.77. The highest BCUT2D eigenvalue weighted by Crippen LogP contribution is 2.34. The number of primary sulfonamides is 1. The molecule has 7 nitrogen and oxygen atoms in total. The van der Waals surface area contributed by atoms with Gasteiger partial charge in [-0.1, -0.05) is 23.9 Å². The lowest BCUT2D eigenvalue weighted by molar-refractivity contribution is -0.116. The summed E-state index contributed by atoms with van der Waals surface area (Å²) < 4.78 is 25.2. The number of imidazole rings is 1. The Morgan fingerprint density at radius 3 is 2.80 bits per heavy atom. The Balaban J connectivity index is 1.52. The standard InChI is InChI=1S/C21H22N4O3S2/c1-14-4-3-5-17(10-14)24-9-8-23-21(24)29-13-20(26)25-15(2)11-16-12-18(30(22,27)28)6-7-19(16)25/h3-10,12,15H,11,13H2,1-2H3,(H2,22,27,28)/t15-/m0/s1. The lowest BCUT2D eigenvalue weighted by Gasteiger charge is -2.22. The SMILES string of the molecule is Cc1cccc(-n2ccnc2SCC(=O)N2c3ccc(S(N)(=O)=O)cc3C[C@@H]2C)c1. The van der Waals surface area contributed by atoms with E-state index in [0.717, 1.165) is 27.7 Å². The Labute approximate surface area is 180 Å². The third-order valence-electron chi connectivity index (χ3n) is 5.08. The van der Waals surface area contributed by atoms with E-state index >= 15 is 0 Å². The zero-order chi connectivity index (χ0) is 21.5. The van der Waals surface area contributed by atoms with Gasteiger partial charge in [0.25, 0.3) is 0 Å². The number of carbonyl (C=O) groups is 1. The van der Waals surface area contributed by atoms with Gasteiger partial charge in [0, 0.05) is 29.8 Å². The van der Waals surface area contributed by atoms with Crippen LogP contribution in [0.25, 0.3) is 5.69 Å². The van der Waals surface area contributed by atoms with E-state index in [1.165, 1.54) is 17.8 Å². The Kier molecular flexibility index (Phi) is 5.44. The van der Waals surface area contributed by atoms with Crippen molar-refractivity contribution in [3.05, 3.63) is 66.0 Å². The van der Waals surface area contributed by atoms with Crippen LogP contribution >= 0.6 is 11.8 Å². The van der Waals surface area contributed by atoms with E-state index in [0.29, 0.717) is 6.42 Å². The van der Waals surface area contributed by atoms with Crippen LogP contribution in [0.2, 0.25) is 0 Å². The van der Waals surface area contributed by atoms with Crippen LogP contribution in [0.4, 0.5) is 5.69 Å². The van der Waals surface area contributed by atoms with Gasteiger partial charge in [0.2, 0.25) is 15.9 Å². The summed E-state index contributed by atoms with van der Waals surface area (Å²) in [6, 6.07) is 12.7. The molecule has 1 aromatic heterocycles. The quantitative estimate of drug-likeness (QED) is 0.613. The van der Waals surface area contributed by atoms with Gasteiger partial charge < -0.3 is 4.90 Å². The molecular weight excluding hydrogens is 420 g/mol. The van der Waals surface area contributed by atoms with Gasteiger partial charge in [0.15, 0.2) is 5.16 Å². The van der Waals surface area contributed by atoms with Crippen molar-refractivity contribution in [3.8, 4) is 5.69 Å². The molecule has 1 amide bonds. The molecule has 0 fully saturated rings. The smallest absolute Gasteiger partial charge is 0.238 e. The second-order valence-electron chi connectivity index (χ2n) is 7.36. The zero-order valence-corrected chi connectivity index (χ0v) is 18.3. The van der Waals surface area contributed by atoms with Crippen molar-refractivity contribution in [2.75, 3.05) is 10.7 Å². The summed E-state index contributed by atoms with van der Waals surface area (Å²) in [5, 5.41) is 5.97. The van der Waals surface area contributed by atoms with Gasteiger partial charge in [-0.25, -0.2) is 18.5 Å². The summed E-state index contributed by atoms with van der Waals surface area (Å²) in [5.74, 6) is 0.178. The number of fused-ring (bicyclic) bond motifs is 1. The van der Waals surface area contributed by atoms with E-state index < -0.39 is 10.0 Å². The minimum atomic E-state index is -3.77. The first-order chi connectivity index (χ1) is 14.2. The van der Waals surface area contributed by atoms with Crippen LogP contribution in [0.3, 0.4) is 0 Å². The van der Waals surface area contributed by atoms with E-state index in [2.05, 4.69) is 11.1 Å². The van der Waals surface area contributed by atoms with Crippen molar-refractivity contribution in [2.24, 2.45) is 5.14 Å². The predicted octanol–water partition coefficient (Wildman–Crippen LogP) is 2.90. The molecule has 156 valence electrons. The molecule has 0 bridgehead atoms. The first-order valence-corrected chi connectivity index (χ1v) is 12.0. The minimum Gasteiger partial charge on any atom is -0.308 e. The Morgan fingerprint density at radius 2 is 2.07 bits per heavy atom. The number of rotatable bonds is 5. The number of amides is 1. The highest BCUT2D eigenvalue weighted by atomic mass is 32.2. The van der Waals surface area contributed by atoms with Crippen molar-refractivity contribution in [1.82, 2.24) is 9.55 Å². The number of carbonyl (C=O) groups excluding carboxylic acids is 1. The third-order valence-corrected chi connectivity index (χ3v) is 6.94. The fourth-order valence-corrected chi connectivity index (χ4v) is 5.13. The van der Waals surface area contributed by atoms with Crippen LogP contribution < -0.4 is 10.0 Å². The lowest BCUT2D eigenvalue weighted by atomic mass is 10.1. The number of thioether (sulfide) groups is 1. The average Bonchev–Trinajstić information content (AvgIpc) is 3.28. The molecule has 0 spiro atoms. The topological polar surface area (TPSA) is 98.3 Å². The van der Waals surface area contributed by atoms with E-state index in [1.54, 1.807) is 23.2 Å². The third kappa shape index (κ3) is 4.00. The van der Waals surface area contributed by atoms with Crippen LogP contribution in [-0.2, 0) is 21.2 Å². The van der Waals surface area contributed by atoms with E-state index in [4.69, 9.17) is 5.14 Å². The number of hydrogen-bond acceptors (Lipinski definition) is 5. The number of nitrogens with zero attached hydrogens (tertiary/aromatic N) is 3. The largest absolute Gasteiger partial charge is 0.308 e. The Bertz CT molecular complexity index is 1220. The molecule has 0 aliphatic carbocycles. The second kappa shape index (κ2) is 7.90. The van der Waals surface area contributed by atoms with E-state index in [-0.39, 0.29) is 22.6 Å². The average molecular weight is 443 g/mol. The molecule has 2 heterocycles. The van der Waals surface area contributed by atoms with Crippen molar-refractivity contribution in [1.29, 1.82) is 0 Å². The maximum atomic E-state index is 13.0. The highest BCUT2D eigenvalue weighted by Gasteiger charge is 2.31. The van der Waals surface area contributed by atoms with Gasteiger partial charge in [-0.3, -0.25) is 9.36 Å². The molecule has 9 heteroatoms. The first-order valence-electron chi connectivity index (χ1n) is 9.45. The molecule has 0 radical (unpaired) electrons. The van der Waals surface area contributed by atoms with E-state index in [9.17, 15) is 13.2 Å². The van der Waals surface area contributed by atoms with Crippen LogP contribution in [0.1, 0.15) is 18.1 Å². The van der Waals surface area contributed by atoms with Crippen molar-refractivity contribution < 1.29 is 13.2 Å². The van der Waals surface area contributed by atoms with Crippen LogP contribution in [0.5, 0.6) is 0 Å². The molecule has 1 atom stereocenters. The molecule has 3 aromatic rings. The number of anilines is 1. The van der Waals surface area contributed by atoms with Crippen LogP contribution in [-0.4, -0.2) is 35.7 Å². The molecule has 1 aliphatic rings. The maximum absolute atomic E-state index is 13.0. The van der Waals surface area contributed by atoms with Crippen LogP contribution in [0.15, 0.2) is 64.9 Å². The maximum Gasteiger partial charge on any atom is 0.238 e. The summed E-state index contributed by atoms with van der Waals surface area (Å²) >= 11 is 1.38. The van der Waals surface area contributed by atoms with Gasteiger partial charge in [0.05, 0.1) is 10.6 Å². The predicted molar refractivity (Wildman–Crippen MR) is 117 cm³/mol. The van der Waals surface area contributed by atoms with Gasteiger partial charge in [0.1, 0.15) is 0 Å². The molecule has 2 N–H and O–H groups in total. The normalized spacial score (nSPS) is 16.0. The number of benzene rings is 2. The molecular formula is C21H22N4O3S2. The summed E-state index contributed by atoms with van der Waals surface area (Å²) in [5.41, 5.74) is 3.70. The number of aryl methyl sites for hydroxylation is 1. The van der Waals surface area contributed by atoms with Crippen molar-refractivity contribution in [2.45, 2.75) is 36.4 Å². The summed E-state index contributed by atoms with van der Waals surface area (Å²) in [6.07, 6.45) is 4.19. The van der Waals surface area contributed by atoms with Crippen molar-refractivity contribution >= 4 is 33.4 Å². The molecule has 4 rings (SSSR count). The molecule has 0 saturated heterocycles. The Hall–Kier alpha value is -2.62. The fourth-order valence-electron chi connectivity index (χ4n) is 3.73. The van der Waals surface area contributed by atoms with E-state index in [1.807, 2.05) is 42.8 Å². The number of sulfonamides is 1. The number of aromatic nitrogens is 2. The lowest BCUT2D eigenvalue weighted by Crippen LogP contribution is -2.37. The molecule has 30 heavy (non-hydrogen) atoms. The van der Waals surface area contributed by atoms with Gasteiger partial charge in [-0.2, -0.15) is 0 Å². The van der Waals surface area contributed by atoms with Crippen molar-refractivity contribution in [3.63, 3.8) is 0 Å². The fraction of sp³-hybridized carbons (Fsp3) is 0.238. The van der Waals surface area contributed by atoms with Gasteiger partial charge in [-0.15, -0.1) is 0 Å². The summed E-state index contributed by atoms with van der Waals surface area (Å²) in [4.78, 5) is 19.2. The van der Waals surface area contributed by atoms with Gasteiger partial charge in [-0.05, 0) is 61.7 Å². The molecule has 1 aliphatic heterocycles. The number of nitrogens with two attached hydrogens (primary N) is 1. The first kappa shape index (κ1) is 20.6. The number of hydrogen-bond donors (Lipinski definition) is 1. The minimum absolute atomic E-state index is 0.0478. The molecule has 0 saturated carbocycles. The van der Waals surface area contributed by atoms with Crippen LogP contribution in [0, 0.1) is 6.92 Å². The Morgan fingerprint density at radius 1 is 1.27 bits per heavy atom. The monoisotopic (exact) mass is 442 g/mol.